The van der Waals surface area contributed by atoms with E-state index in [4.69, 9.17) is 4.74 Å². The summed E-state index contributed by atoms with van der Waals surface area (Å²) in [5, 5.41) is 3.19. The lowest BCUT2D eigenvalue weighted by Crippen LogP contribution is -2.33. The Hall–Kier alpha value is -1.62. The highest BCUT2D eigenvalue weighted by Crippen LogP contribution is 2.21. The van der Waals surface area contributed by atoms with Crippen molar-refractivity contribution in [3.8, 4) is 0 Å². The Kier molecular flexibility index (Phi) is 4.95. The van der Waals surface area contributed by atoms with Crippen molar-refractivity contribution in [2.45, 2.75) is 12.8 Å². The summed E-state index contributed by atoms with van der Waals surface area (Å²) in [4.78, 5) is 14.0. The van der Waals surface area contributed by atoms with E-state index in [2.05, 4.69) is 17.3 Å². The molecule has 1 aromatic rings. The van der Waals surface area contributed by atoms with Gasteiger partial charge in [-0.15, -0.1) is 0 Å². The molecule has 1 N–H and O–H groups in total. The fraction of sp³-hybridized carbons (Fsp3) is 0.533. The van der Waals surface area contributed by atoms with E-state index >= 15 is 0 Å². The Morgan fingerprint density at radius 3 is 2.80 bits per heavy atom. The molecule has 0 atom stereocenters. The van der Waals surface area contributed by atoms with Crippen molar-refractivity contribution in [1.82, 2.24) is 4.90 Å². The van der Waals surface area contributed by atoms with Crippen molar-refractivity contribution in [1.29, 1.82) is 0 Å². The summed E-state index contributed by atoms with van der Waals surface area (Å²) in [6.07, 6.45) is 2.23. The number of esters is 1. The summed E-state index contributed by atoms with van der Waals surface area (Å²) in [5.41, 5.74) is 0.887. The second-order valence-electron chi connectivity index (χ2n) is 5.31. The van der Waals surface area contributed by atoms with Crippen molar-refractivity contribution >= 4 is 11.7 Å². The molecular formula is C15H21FN2O2. The molecule has 0 unspecified atom stereocenters. The van der Waals surface area contributed by atoms with Crippen LogP contribution in [0, 0.1) is 11.7 Å². The average molecular weight is 280 g/mol. The Labute approximate surface area is 118 Å². The largest absolute Gasteiger partial charge is 0.465 e. The predicted octanol–water partition coefficient (Wildman–Crippen LogP) is 2.37. The maximum Gasteiger partial charge on any atom is 0.339 e. The van der Waals surface area contributed by atoms with Crippen molar-refractivity contribution in [3.05, 3.63) is 29.6 Å². The fourth-order valence-corrected chi connectivity index (χ4v) is 2.47. The number of likely N-dealkylation sites (tertiary alicyclic amines) is 1. The zero-order chi connectivity index (χ0) is 14.5. The van der Waals surface area contributed by atoms with E-state index in [1.165, 1.54) is 25.3 Å². The van der Waals surface area contributed by atoms with Crippen LogP contribution in [0.3, 0.4) is 0 Å². The number of piperidine rings is 1. The number of rotatable bonds is 4. The molecule has 0 bridgehead atoms. The van der Waals surface area contributed by atoms with E-state index in [0.29, 0.717) is 17.2 Å². The first-order chi connectivity index (χ1) is 9.60. The summed E-state index contributed by atoms with van der Waals surface area (Å²) < 4.78 is 18.0. The maximum atomic E-state index is 13.3. The molecular weight excluding hydrogens is 259 g/mol. The third kappa shape index (κ3) is 3.70. The third-order valence-corrected chi connectivity index (χ3v) is 3.81. The third-order valence-electron chi connectivity index (χ3n) is 3.81. The van der Waals surface area contributed by atoms with Crippen LogP contribution in [0.15, 0.2) is 18.2 Å². The molecule has 20 heavy (non-hydrogen) atoms. The SMILES string of the molecule is COC(=O)c1ccc(F)cc1NCC1CCN(C)CC1. The number of carbonyl (C=O) groups is 1. The van der Waals surface area contributed by atoms with Crippen LogP contribution in [0.2, 0.25) is 0 Å². The van der Waals surface area contributed by atoms with Crippen LogP contribution in [-0.4, -0.2) is 44.7 Å². The number of nitrogens with zero attached hydrogens (tertiary/aromatic N) is 1. The Balaban J connectivity index is 2.01. The van der Waals surface area contributed by atoms with E-state index < -0.39 is 5.97 Å². The number of benzene rings is 1. The monoisotopic (exact) mass is 280 g/mol. The molecule has 0 aromatic heterocycles. The van der Waals surface area contributed by atoms with Gasteiger partial charge in [0.1, 0.15) is 5.82 Å². The molecule has 0 saturated carbocycles. The van der Waals surface area contributed by atoms with Gasteiger partial charge in [0.05, 0.1) is 18.4 Å². The molecule has 0 spiro atoms. The number of methoxy groups -OCH3 is 1. The molecule has 2 rings (SSSR count). The van der Waals surface area contributed by atoms with Crippen molar-refractivity contribution in [3.63, 3.8) is 0 Å². The number of ether oxygens (including phenoxy) is 1. The molecule has 1 aliphatic rings. The molecule has 0 radical (unpaired) electrons. The summed E-state index contributed by atoms with van der Waals surface area (Å²) >= 11 is 0. The number of anilines is 1. The summed E-state index contributed by atoms with van der Waals surface area (Å²) in [7, 11) is 3.44. The molecule has 1 aliphatic heterocycles. The van der Waals surface area contributed by atoms with Crippen LogP contribution >= 0.6 is 0 Å². The van der Waals surface area contributed by atoms with Gasteiger partial charge in [0, 0.05) is 6.54 Å². The van der Waals surface area contributed by atoms with Gasteiger partial charge in [0.2, 0.25) is 0 Å². The van der Waals surface area contributed by atoms with Crippen molar-refractivity contribution < 1.29 is 13.9 Å². The highest BCUT2D eigenvalue weighted by Gasteiger charge is 2.18. The maximum absolute atomic E-state index is 13.3. The molecule has 1 fully saturated rings. The average Bonchev–Trinajstić information content (AvgIpc) is 2.46. The molecule has 1 aromatic carbocycles. The minimum absolute atomic E-state index is 0.358. The molecule has 110 valence electrons. The van der Waals surface area contributed by atoms with E-state index in [0.717, 1.165) is 32.5 Å². The summed E-state index contributed by atoms with van der Waals surface area (Å²) in [6, 6.07) is 4.08. The van der Waals surface area contributed by atoms with Gasteiger partial charge in [-0.3, -0.25) is 0 Å². The van der Waals surface area contributed by atoms with Crippen LogP contribution in [0.25, 0.3) is 0 Å². The second-order valence-corrected chi connectivity index (χ2v) is 5.31. The molecule has 0 aliphatic carbocycles. The number of hydrogen-bond donors (Lipinski definition) is 1. The molecule has 1 heterocycles. The van der Waals surface area contributed by atoms with Gasteiger partial charge < -0.3 is 15.0 Å². The molecule has 4 nitrogen and oxygen atoms in total. The van der Waals surface area contributed by atoms with Gasteiger partial charge in [-0.25, -0.2) is 9.18 Å². The van der Waals surface area contributed by atoms with E-state index in [1.54, 1.807) is 0 Å². The van der Waals surface area contributed by atoms with Gasteiger partial charge in [0.25, 0.3) is 0 Å². The first-order valence-electron chi connectivity index (χ1n) is 6.90. The highest BCUT2D eigenvalue weighted by atomic mass is 19.1. The standard InChI is InChI=1S/C15H21FN2O2/c1-18-7-5-11(6-8-18)10-17-14-9-12(16)3-4-13(14)15(19)20-2/h3-4,9,11,17H,5-8,10H2,1-2H3. The lowest BCUT2D eigenvalue weighted by atomic mass is 9.97. The predicted molar refractivity (Wildman–Crippen MR) is 76.5 cm³/mol. The first kappa shape index (κ1) is 14.8. The Morgan fingerprint density at radius 2 is 2.15 bits per heavy atom. The Bertz CT molecular complexity index is 471. The quantitative estimate of drug-likeness (QED) is 0.860. The van der Waals surface area contributed by atoms with Crippen molar-refractivity contribution in [2.24, 2.45) is 5.92 Å². The summed E-state index contributed by atoms with van der Waals surface area (Å²) in [5.74, 6) is -0.251. The number of halogens is 1. The first-order valence-corrected chi connectivity index (χ1v) is 6.90. The van der Waals surface area contributed by atoms with Crippen molar-refractivity contribution in [2.75, 3.05) is 39.1 Å². The lowest BCUT2D eigenvalue weighted by molar-refractivity contribution is 0.0601. The molecule has 0 amide bonds. The van der Waals surface area contributed by atoms with E-state index in [1.807, 2.05) is 0 Å². The second kappa shape index (κ2) is 6.70. The molecule has 1 saturated heterocycles. The minimum Gasteiger partial charge on any atom is -0.465 e. The Morgan fingerprint density at radius 1 is 1.45 bits per heavy atom. The normalized spacial score (nSPS) is 16.9. The highest BCUT2D eigenvalue weighted by molar-refractivity contribution is 5.95. The van der Waals surface area contributed by atoms with Gasteiger partial charge in [-0.2, -0.15) is 0 Å². The van der Waals surface area contributed by atoms with Gasteiger partial charge >= 0.3 is 5.97 Å². The van der Waals surface area contributed by atoms with Gasteiger partial charge in [-0.05, 0) is 57.1 Å². The van der Waals surface area contributed by atoms with Crippen LogP contribution in [-0.2, 0) is 4.74 Å². The summed E-state index contributed by atoms with van der Waals surface area (Å²) in [6.45, 7) is 2.92. The smallest absolute Gasteiger partial charge is 0.339 e. The topological polar surface area (TPSA) is 41.6 Å². The zero-order valence-electron chi connectivity index (χ0n) is 12.0. The minimum atomic E-state index is -0.448. The van der Waals surface area contributed by atoms with Crippen LogP contribution in [0.1, 0.15) is 23.2 Å². The number of carbonyl (C=O) groups excluding carboxylic acids is 1. The lowest BCUT2D eigenvalue weighted by Gasteiger charge is -2.29. The van der Waals surface area contributed by atoms with Crippen LogP contribution < -0.4 is 5.32 Å². The zero-order valence-corrected chi connectivity index (χ0v) is 12.0. The van der Waals surface area contributed by atoms with Gasteiger partial charge in [0.15, 0.2) is 0 Å². The van der Waals surface area contributed by atoms with E-state index in [-0.39, 0.29) is 5.82 Å². The number of hydrogen-bond acceptors (Lipinski definition) is 4. The fourth-order valence-electron chi connectivity index (χ4n) is 2.47. The van der Waals surface area contributed by atoms with Crippen LogP contribution in [0.4, 0.5) is 10.1 Å². The van der Waals surface area contributed by atoms with E-state index in [9.17, 15) is 9.18 Å². The number of nitrogens with one attached hydrogen (secondary N) is 1. The van der Waals surface area contributed by atoms with Crippen LogP contribution in [0.5, 0.6) is 0 Å². The van der Waals surface area contributed by atoms with Gasteiger partial charge in [-0.1, -0.05) is 0 Å². The molecule has 5 heteroatoms.